The van der Waals surface area contributed by atoms with Gasteiger partial charge in [-0.2, -0.15) is 5.10 Å². The second-order valence-electron chi connectivity index (χ2n) is 7.83. The molecule has 2 unspecified atom stereocenters. The minimum atomic E-state index is 0.0511. The van der Waals surface area contributed by atoms with E-state index in [0.717, 1.165) is 63.4 Å². The summed E-state index contributed by atoms with van der Waals surface area (Å²) in [6.45, 7) is 5.43. The van der Waals surface area contributed by atoms with Crippen molar-refractivity contribution in [3.05, 3.63) is 36.0 Å². The monoisotopic (exact) mass is 383 g/mol. The molecule has 2 saturated heterocycles. The van der Waals surface area contributed by atoms with Crippen LogP contribution in [0.4, 0.5) is 10.6 Å². The number of piperidine rings is 1. The van der Waals surface area contributed by atoms with Crippen LogP contribution >= 0.6 is 0 Å². The van der Waals surface area contributed by atoms with E-state index in [-0.39, 0.29) is 12.1 Å². The van der Waals surface area contributed by atoms with E-state index in [0.29, 0.717) is 5.92 Å². The van der Waals surface area contributed by atoms with Crippen molar-refractivity contribution < 1.29 is 4.79 Å². The molecule has 2 aromatic rings. The van der Waals surface area contributed by atoms with Gasteiger partial charge in [-0.05, 0) is 31.2 Å². The maximum Gasteiger partial charge on any atom is 0.317 e. The fourth-order valence-electron chi connectivity index (χ4n) is 4.19. The maximum atomic E-state index is 12.8. The predicted molar refractivity (Wildman–Crippen MR) is 107 cm³/mol. The number of rotatable bonds is 4. The number of hydrogen-bond acceptors (Lipinski definition) is 5. The van der Waals surface area contributed by atoms with Gasteiger partial charge < -0.3 is 15.1 Å². The SMILES string of the molecule is CCc1cc(N2CCCC(NC(=O)N3CCC(c4cnn(C)c4)C3)C2)ncn1. The van der Waals surface area contributed by atoms with Gasteiger partial charge in [-0.3, -0.25) is 4.68 Å². The summed E-state index contributed by atoms with van der Waals surface area (Å²) in [4.78, 5) is 25.7. The summed E-state index contributed by atoms with van der Waals surface area (Å²) >= 11 is 0. The number of nitrogens with one attached hydrogen (secondary N) is 1. The van der Waals surface area contributed by atoms with Gasteiger partial charge in [0.15, 0.2) is 0 Å². The summed E-state index contributed by atoms with van der Waals surface area (Å²) in [5, 5.41) is 7.50. The first-order valence-electron chi connectivity index (χ1n) is 10.2. The van der Waals surface area contributed by atoms with Gasteiger partial charge in [-0.1, -0.05) is 6.92 Å². The number of nitrogens with zero attached hydrogens (tertiary/aromatic N) is 6. The molecule has 2 aliphatic rings. The van der Waals surface area contributed by atoms with Gasteiger partial charge in [0.25, 0.3) is 0 Å². The number of aryl methyl sites for hydroxylation is 2. The van der Waals surface area contributed by atoms with E-state index in [2.05, 4.69) is 44.5 Å². The summed E-state index contributed by atoms with van der Waals surface area (Å²) in [5.41, 5.74) is 2.27. The third-order valence-corrected chi connectivity index (χ3v) is 5.82. The molecule has 28 heavy (non-hydrogen) atoms. The number of anilines is 1. The molecule has 2 fully saturated rings. The lowest BCUT2D eigenvalue weighted by Crippen LogP contribution is -2.51. The molecule has 0 saturated carbocycles. The van der Waals surface area contributed by atoms with E-state index in [1.54, 1.807) is 6.33 Å². The molecule has 2 aliphatic heterocycles. The molecular weight excluding hydrogens is 354 g/mol. The highest BCUT2D eigenvalue weighted by Crippen LogP contribution is 2.27. The van der Waals surface area contributed by atoms with Crippen molar-refractivity contribution >= 4 is 11.8 Å². The van der Waals surface area contributed by atoms with Crippen molar-refractivity contribution in [3.8, 4) is 0 Å². The zero-order valence-electron chi connectivity index (χ0n) is 16.7. The Balaban J connectivity index is 1.33. The van der Waals surface area contributed by atoms with Crippen LogP contribution in [0, 0.1) is 0 Å². The quantitative estimate of drug-likeness (QED) is 0.873. The van der Waals surface area contributed by atoms with E-state index in [9.17, 15) is 4.79 Å². The van der Waals surface area contributed by atoms with Crippen LogP contribution in [-0.4, -0.2) is 62.9 Å². The molecule has 4 heterocycles. The molecule has 0 radical (unpaired) electrons. The van der Waals surface area contributed by atoms with E-state index in [1.165, 1.54) is 5.56 Å². The number of urea groups is 1. The van der Waals surface area contributed by atoms with E-state index in [4.69, 9.17) is 0 Å². The smallest absolute Gasteiger partial charge is 0.317 e. The maximum absolute atomic E-state index is 12.8. The van der Waals surface area contributed by atoms with Crippen molar-refractivity contribution in [3.63, 3.8) is 0 Å². The van der Waals surface area contributed by atoms with E-state index >= 15 is 0 Å². The number of carbonyl (C=O) groups is 1. The molecule has 8 nitrogen and oxygen atoms in total. The third-order valence-electron chi connectivity index (χ3n) is 5.82. The zero-order valence-corrected chi connectivity index (χ0v) is 16.7. The number of aromatic nitrogens is 4. The highest BCUT2D eigenvalue weighted by Gasteiger charge is 2.30. The largest absolute Gasteiger partial charge is 0.354 e. The van der Waals surface area contributed by atoms with Crippen LogP contribution in [0.15, 0.2) is 24.8 Å². The molecule has 0 aliphatic carbocycles. The van der Waals surface area contributed by atoms with Crippen LogP contribution in [0.2, 0.25) is 0 Å². The molecule has 0 spiro atoms. The van der Waals surface area contributed by atoms with Crippen LogP contribution in [0.5, 0.6) is 0 Å². The van der Waals surface area contributed by atoms with Gasteiger partial charge in [0, 0.05) is 63.1 Å². The Labute approximate surface area is 165 Å². The summed E-state index contributed by atoms with van der Waals surface area (Å²) < 4.78 is 1.83. The minimum absolute atomic E-state index is 0.0511. The second kappa shape index (κ2) is 8.16. The van der Waals surface area contributed by atoms with Crippen molar-refractivity contribution in [2.24, 2.45) is 7.05 Å². The average molecular weight is 384 g/mol. The first kappa shape index (κ1) is 18.7. The Kier molecular flexibility index (Phi) is 5.45. The lowest BCUT2D eigenvalue weighted by molar-refractivity contribution is 0.202. The minimum Gasteiger partial charge on any atom is -0.354 e. The highest BCUT2D eigenvalue weighted by molar-refractivity contribution is 5.75. The lowest BCUT2D eigenvalue weighted by Gasteiger charge is -2.34. The second-order valence-corrected chi connectivity index (χ2v) is 7.83. The lowest BCUT2D eigenvalue weighted by atomic mass is 10.0. The van der Waals surface area contributed by atoms with Gasteiger partial charge in [0.1, 0.15) is 12.1 Å². The first-order valence-corrected chi connectivity index (χ1v) is 10.2. The van der Waals surface area contributed by atoms with Crippen molar-refractivity contribution in [1.82, 2.24) is 30.0 Å². The molecule has 8 heteroatoms. The molecule has 2 amide bonds. The van der Waals surface area contributed by atoms with E-state index in [1.807, 2.05) is 22.8 Å². The Morgan fingerprint density at radius 3 is 2.93 bits per heavy atom. The topological polar surface area (TPSA) is 79.2 Å². The van der Waals surface area contributed by atoms with Crippen LogP contribution in [-0.2, 0) is 13.5 Å². The van der Waals surface area contributed by atoms with Crippen molar-refractivity contribution in [2.45, 2.75) is 44.6 Å². The Hall–Kier alpha value is -2.64. The molecule has 150 valence electrons. The van der Waals surface area contributed by atoms with E-state index < -0.39 is 0 Å². The molecule has 0 aromatic carbocycles. The van der Waals surface area contributed by atoms with Gasteiger partial charge in [-0.25, -0.2) is 14.8 Å². The van der Waals surface area contributed by atoms with Gasteiger partial charge in [0.05, 0.1) is 6.20 Å². The van der Waals surface area contributed by atoms with Crippen LogP contribution in [0.3, 0.4) is 0 Å². The van der Waals surface area contributed by atoms with Crippen molar-refractivity contribution in [2.75, 3.05) is 31.1 Å². The number of hydrogen-bond donors (Lipinski definition) is 1. The number of carbonyl (C=O) groups excluding carboxylic acids is 1. The van der Waals surface area contributed by atoms with Gasteiger partial charge in [0.2, 0.25) is 0 Å². The predicted octanol–water partition coefficient (Wildman–Crippen LogP) is 1.94. The van der Waals surface area contributed by atoms with Crippen LogP contribution < -0.4 is 10.2 Å². The van der Waals surface area contributed by atoms with Crippen LogP contribution in [0.1, 0.15) is 43.4 Å². The standard InChI is InChI=1S/C20H29N7O/c1-3-17-9-19(22-14-21-17)26-7-4-5-18(13-26)24-20(28)27-8-6-15(12-27)16-10-23-25(2)11-16/h9-11,14-15,18H,3-8,12-13H2,1-2H3,(H,24,28). The normalized spacial score (nSPS) is 22.5. The summed E-state index contributed by atoms with van der Waals surface area (Å²) in [6, 6.07) is 2.26. The van der Waals surface area contributed by atoms with Gasteiger partial charge in [-0.15, -0.1) is 0 Å². The molecular formula is C20H29N7O. The highest BCUT2D eigenvalue weighted by atomic mass is 16.2. The number of amides is 2. The fourth-order valence-corrected chi connectivity index (χ4v) is 4.19. The van der Waals surface area contributed by atoms with Gasteiger partial charge >= 0.3 is 6.03 Å². The summed E-state index contributed by atoms with van der Waals surface area (Å²) in [6.07, 6.45) is 9.56. The Bertz CT molecular complexity index is 820. The van der Waals surface area contributed by atoms with Crippen LogP contribution in [0.25, 0.3) is 0 Å². The molecule has 1 N–H and O–H groups in total. The first-order chi connectivity index (χ1) is 13.6. The number of likely N-dealkylation sites (tertiary alicyclic amines) is 1. The molecule has 2 aromatic heterocycles. The Morgan fingerprint density at radius 1 is 1.25 bits per heavy atom. The third kappa shape index (κ3) is 4.10. The zero-order chi connectivity index (χ0) is 19.5. The summed E-state index contributed by atoms with van der Waals surface area (Å²) in [5.74, 6) is 1.35. The molecule has 2 atom stereocenters. The Morgan fingerprint density at radius 2 is 2.14 bits per heavy atom. The molecule has 4 rings (SSSR count). The fraction of sp³-hybridized carbons (Fsp3) is 0.600. The van der Waals surface area contributed by atoms with Crippen molar-refractivity contribution in [1.29, 1.82) is 0 Å². The molecule has 0 bridgehead atoms. The summed E-state index contributed by atoms with van der Waals surface area (Å²) in [7, 11) is 1.93. The average Bonchev–Trinajstić information content (AvgIpc) is 3.37.